The van der Waals surface area contributed by atoms with Crippen molar-refractivity contribution in [3.05, 3.63) is 58.1 Å². The van der Waals surface area contributed by atoms with Gasteiger partial charge in [-0.1, -0.05) is 32.9 Å². The van der Waals surface area contributed by atoms with Crippen LogP contribution in [-0.2, 0) is 22.9 Å². The molecule has 41 heavy (non-hydrogen) atoms. The van der Waals surface area contributed by atoms with Crippen molar-refractivity contribution in [2.75, 3.05) is 30.6 Å². The smallest absolute Gasteiger partial charge is 0.261 e. The number of alkyl halides is 1. The first-order chi connectivity index (χ1) is 19.3. The normalized spacial score (nSPS) is 19.6. The second kappa shape index (κ2) is 12.0. The van der Waals surface area contributed by atoms with Crippen LogP contribution in [0.2, 0.25) is 0 Å². The van der Waals surface area contributed by atoms with Gasteiger partial charge >= 0.3 is 0 Å². The highest BCUT2D eigenvalue weighted by Crippen LogP contribution is 2.38. The average Bonchev–Trinajstić information content (AvgIpc) is 3.32. The highest BCUT2D eigenvalue weighted by Gasteiger charge is 2.30. The largest absolute Gasteiger partial charge is 0.344 e. The van der Waals surface area contributed by atoms with Crippen molar-refractivity contribution < 1.29 is 17.6 Å². The average molecular weight is 601 g/mol. The third kappa shape index (κ3) is 7.64. The van der Waals surface area contributed by atoms with Crippen LogP contribution in [0.15, 0.2) is 36.4 Å². The molecule has 2 N–H and O–H groups in total. The first-order valence-corrected chi connectivity index (χ1v) is 17.2. The Labute approximate surface area is 247 Å². The molecule has 3 aromatic rings. The number of fused-ring (bicyclic) bond motifs is 2. The fourth-order valence-corrected chi connectivity index (χ4v) is 7.49. The van der Waals surface area contributed by atoms with Gasteiger partial charge in [-0.3, -0.25) is 9.52 Å². The number of pyridine rings is 1. The highest BCUT2D eigenvalue weighted by atomic mass is 32.2. The minimum atomic E-state index is -3.44. The number of benzene rings is 1. The van der Waals surface area contributed by atoms with E-state index in [1.54, 1.807) is 18.2 Å². The maximum absolute atomic E-state index is 13.7. The second-order valence-corrected chi connectivity index (χ2v) is 15.5. The molecule has 10 heteroatoms. The predicted octanol–water partition coefficient (Wildman–Crippen LogP) is 6.11. The van der Waals surface area contributed by atoms with Crippen LogP contribution >= 0.6 is 11.3 Å². The minimum absolute atomic E-state index is 0.174. The van der Waals surface area contributed by atoms with E-state index in [0.717, 1.165) is 47.0 Å². The van der Waals surface area contributed by atoms with Crippen LogP contribution in [0.1, 0.15) is 79.0 Å². The lowest BCUT2D eigenvalue weighted by molar-refractivity contribution is 0.0931. The van der Waals surface area contributed by atoms with E-state index in [2.05, 4.69) is 41.8 Å². The molecule has 0 radical (unpaired) electrons. The Kier molecular flexibility index (Phi) is 8.74. The van der Waals surface area contributed by atoms with E-state index in [1.165, 1.54) is 16.9 Å². The summed E-state index contributed by atoms with van der Waals surface area (Å²) in [5.74, 6) is 0.438. The molecule has 222 valence electrons. The summed E-state index contributed by atoms with van der Waals surface area (Å²) in [6.07, 6.45) is 5.16. The first-order valence-electron chi connectivity index (χ1n) is 14.5. The van der Waals surface area contributed by atoms with Crippen molar-refractivity contribution in [3.8, 4) is 0 Å². The Hall–Kier alpha value is -2.56. The number of anilines is 1. The van der Waals surface area contributed by atoms with Crippen molar-refractivity contribution in [3.63, 3.8) is 0 Å². The number of thiophene rings is 1. The number of sulfonamides is 1. The summed E-state index contributed by atoms with van der Waals surface area (Å²) < 4.78 is 39.9. The third-order valence-electron chi connectivity index (χ3n) is 8.47. The van der Waals surface area contributed by atoms with Gasteiger partial charge in [-0.2, -0.15) is 0 Å². The number of hydrogen-bond donors (Lipinski definition) is 2. The van der Waals surface area contributed by atoms with Gasteiger partial charge in [-0.25, -0.2) is 17.8 Å². The molecule has 1 aliphatic heterocycles. The molecule has 1 fully saturated rings. The topological polar surface area (TPSA) is 91.4 Å². The number of piperidine rings is 1. The van der Waals surface area contributed by atoms with Gasteiger partial charge in [-0.05, 0) is 85.3 Å². The van der Waals surface area contributed by atoms with Crippen molar-refractivity contribution in [2.24, 2.45) is 11.3 Å². The zero-order chi connectivity index (χ0) is 29.4. The van der Waals surface area contributed by atoms with E-state index < -0.39 is 16.2 Å². The Morgan fingerprint density at radius 3 is 2.63 bits per heavy atom. The Bertz CT molecular complexity index is 1510. The summed E-state index contributed by atoms with van der Waals surface area (Å²) >= 11 is 1.41. The standard InChI is InChI=1S/C31H41FN4O3S2/c1-31(2,3)23-8-9-26-21(17-23)16-22-19-28(40-30(22)34-26)29(37)33-27(12-15-36-13-10-24(32)11-14-36)20-6-5-7-25(18-20)35-41(4,38)39/h5-7,16,18-19,23-24,27,35H,8-15,17H2,1-4H3,(H,33,37)/t23-,27+/m0/s1. The van der Waals surface area contributed by atoms with Gasteiger partial charge in [0.05, 0.1) is 17.2 Å². The molecule has 7 nitrogen and oxygen atoms in total. The zero-order valence-electron chi connectivity index (χ0n) is 24.4. The monoisotopic (exact) mass is 600 g/mol. The molecule has 3 heterocycles. The van der Waals surface area contributed by atoms with Crippen LogP contribution < -0.4 is 10.0 Å². The summed E-state index contributed by atoms with van der Waals surface area (Å²) in [7, 11) is -3.44. The van der Waals surface area contributed by atoms with Gasteiger partial charge in [0.15, 0.2) is 0 Å². The number of carbonyl (C=O) groups excluding carboxylic acids is 1. The Balaban J connectivity index is 1.36. The minimum Gasteiger partial charge on any atom is -0.344 e. The van der Waals surface area contributed by atoms with Crippen molar-refractivity contribution >= 4 is 43.2 Å². The van der Waals surface area contributed by atoms with Gasteiger partial charge in [-0.15, -0.1) is 11.3 Å². The molecular formula is C31H41FN4O3S2. The summed E-state index contributed by atoms with van der Waals surface area (Å²) in [5, 5.41) is 4.21. The number of aryl methyl sites for hydroxylation is 1. The van der Waals surface area contributed by atoms with E-state index in [1.807, 2.05) is 12.1 Å². The van der Waals surface area contributed by atoms with Crippen molar-refractivity contribution in [1.82, 2.24) is 15.2 Å². The van der Waals surface area contributed by atoms with Gasteiger partial charge in [0.2, 0.25) is 10.0 Å². The molecule has 5 rings (SSSR count). The molecule has 0 bridgehead atoms. The lowest BCUT2D eigenvalue weighted by atomic mass is 9.71. The van der Waals surface area contributed by atoms with Crippen LogP contribution in [0.3, 0.4) is 0 Å². The number of halogens is 1. The van der Waals surface area contributed by atoms with E-state index in [0.29, 0.717) is 55.4 Å². The number of aromatic nitrogens is 1. The fraction of sp³-hybridized carbons (Fsp3) is 0.548. The van der Waals surface area contributed by atoms with Crippen LogP contribution in [0, 0.1) is 11.3 Å². The van der Waals surface area contributed by atoms with Gasteiger partial charge in [0.25, 0.3) is 5.91 Å². The number of rotatable bonds is 8. The summed E-state index contributed by atoms with van der Waals surface area (Å²) in [5.41, 5.74) is 3.95. The molecule has 2 aromatic heterocycles. The third-order valence-corrected chi connectivity index (χ3v) is 10.1. The number of likely N-dealkylation sites (tertiary alicyclic amines) is 1. The number of amides is 1. The van der Waals surface area contributed by atoms with E-state index in [4.69, 9.17) is 4.98 Å². The predicted molar refractivity (Wildman–Crippen MR) is 165 cm³/mol. The first kappa shape index (κ1) is 29.9. The Morgan fingerprint density at radius 1 is 1.17 bits per heavy atom. The van der Waals surface area contributed by atoms with E-state index >= 15 is 0 Å². The van der Waals surface area contributed by atoms with Crippen molar-refractivity contribution in [2.45, 2.75) is 71.5 Å². The van der Waals surface area contributed by atoms with Crippen LogP contribution in [0.4, 0.5) is 10.1 Å². The SMILES string of the molecule is CC(C)(C)[C@H]1CCc2nc3sc(C(=O)N[C@H](CCN4CCC(F)CC4)c4cccc(NS(C)(=O)=O)c4)cc3cc2C1. The molecule has 2 atom stereocenters. The van der Waals surface area contributed by atoms with Gasteiger partial charge in [0.1, 0.15) is 11.0 Å². The zero-order valence-corrected chi connectivity index (χ0v) is 26.0. The lowest BCUT2D eigenvalue weighted by Crippen LogP contribution is -2.37. The highest BCUT2D eigenvalue weighted by molar-refractivity contribution is 7.92. The molecule has 1 aliphatic carbocycles. The maximum atomic E-state index is 13.7. The molecular weight excluding hydrogens is 559 g/mol. The van der Waals surface area contributed by atoms with Crippen molar-refractivity contribution in [1.29, 1.82) is 0 Å². The molecule has 1 saturated heterocycles. The van der Waals surface area contributed by atoms with Gasteiger partial charge in [0, 0.05) is 36.4 Å². The number of nitrogens with one attached hydrogen (secondary N) is 2. The molecule has 2 aliphatic rings. The fourth-order valence-electron chi connectivity index (χ4n) is 6.00. The molecule has 1 amide bonds. The number of hydrogen-bond acceptors (Lipinski definition) is 6. The van der Waals surface area contributed by atoms with E-state index in [-0.39, 0.29) is 17.4 Å². The van der Waals surface area contributed by atoms with Crippen LogP contribution in [0.25, 0.3) is 10.2 Å². The van der Waals surface area contributed by atoms with Gasteiger partial charge < -0.3 is 10.2 Å². The second-order valence-electron chi connectivity index (χ2n) is 12.7. The number of nitrogens with zero attached hydrogens (tertiary/aromatic N) is 2. The number of carbonyl (C=O) groups is 1. The molecule has 0 unspecified atom stereocenters. The molecule has 0 spiro atoms. The van der Waals surface area contributed by atoms with Crippen LogP contribution in [-0.4, -0.2) is 56.3 Å². The quantitative estimate of drug-likeness (QED) is 0.325. The summed E-state index contributed by atoms with van der Waals surface area (Å²) in [6, 6.07) is 11.0. The Morgan fingerprint density at radius 2 is 1.93 bits per heavy atom. The molecule has 0 saturated carbocycles. The summed E-state index contributed by atoms with van der Waals surface area (Å²) in [4.78, 5) is 22.3. The molecule has 1 aromatic carbocycles. The van der Waals surface area contributed by atoms with E-state index in [9.17, 15) is 17.6 Å². The maximum Gasteiger partial charge on any atom is 0.261 e. The lowest BCUT2D eigenvalue weighted by Gasteiger charge is -2.34. The van der Waals surface area contributed by atoms with Crippen LogP contribution in [0.5, 0.6) is 0 Å². The summed E-state index contributed by atoms with van der Waals surface area (Å²) in [6.45, 7) is 8.99.